The fourth-order valence-corrected chi connectivity index (χ4v) is 7.24. The molecule has 0 radical (unpaired) electrons. The number of hydrogen-bond donors (Lipinski definition) is 5. The van der Waals surface area contributed by atoms with Crippen LogP contribution in [0.15, 0.2) is 36.5 Å². The molecule has 55 heavy (non-hydrogen) atoms. The Morgan fingerprint density at radius 2 is 0.764 bits per heavy atom. The summed E-state index contributed by atoms with van der Waals surface area (Å²) in [5, 5.41) is 43.7. The second-order valence-electron chi connectivity index (χ2n) is 16.4. The molecule has 0 aliphatic rings. The molecule has 0 spiro atoms. The van der Waals surface area contributed by atoms with E-state index in [2.05, 4.69) is 55.6 Å². The van der Waals surface area contributed by atoms with Gasteiger partial charge in [0.05, 0.1) is 18.8 Å². The topological polar surface area (TPSA) is 110 Å². The number of aliphatic hydroxyl groups is 4. The lowest BCUT2D eigenvalue weighted by Gasteiger charge is -2.27. The van der Waals surface area contributed by atoms with Gasteiger partial charge in [0.2, 0.25) is 5.91 Å². The molecule has 0 saturated heterocycles. The highest BCUT2D eigenvalue weighted by Crippen LogP contribution is 2.15. The van der Waals surface area contributed by atoms with Gasteiger partial charge in [-0.1, -0.05) is 198 Å². The van der Waals surface area contributed by atoms with Crippen molar-refractivity contribution >= 4 is 5.91 Å². The van der Waals surface area contributed by atoms with E-state index in [1.165, 1.54) is 154 Å². The number of unbranched alkanes of at least 4 members (excludes halogenated alkanes) is 28. The summed E-state index contributed by atoms with van der Waals surface area (Å²) in [5.41, 5.74) is 0. The normalized spacial score (nSPS) is 14.4. The van der Waals surface area contributed by atoms with Crippen LogP contribution in [0.1, 0.15) is 239 Å². The van der Waals surface area contributed by atoms with Crippen LogP contribution in [0.4, 0.5) is 0 Å². The third kappa shape index (κ3) is 37.8. The highest BCUT2D eigenvalue weighted by Gasteiger charge is 2.28. The summed E-state index contributed by atoms with van der Waals surface area (Å²) in [7, 11) is 0. The third-order valence-corrected chi connectivity index (χ3v) is 11.1. The second-order valence-corrected chi connectivity index (χ2v) is 16.4. The SMILES string of the molecule is CCCCCCCCCCC/C=C/CC/C=C/CCCC(O)C(O)C(CO)NC(=O)C(O)CCCCCCCC/C=C\CCCCCCCCCCCCC. The zero-order chi connectivity index (χ0) is 40.3. The minimum atomic E-state index is -1.29. The summed E-state index contributed by atoms with van der Waals surface area (Å²) in [6.45, 7) is 4.04. The monoisotopic (exact) mass is 776 g/mol. The largest absolute Gasteiger partial charge is 0.394 e. The van der Waals surface area contributed by atoms with Crippen LogP contribution in [0.5, 0.6) is 0 Å². The van der Waals surface area contributed by atoms with Gasteiger partial charge in [0.25, 0.3) is 0 Å². The standard InChI is InChI=1S/C49H93NO5/c1-3-5-7-9-11-13-15-17-19-21-23-24-25-27-29-31-33-35-37-39-41-43-47(53)49(55)50-45(44-51)48(54)46(52)42-40-38-36-34-32-30-28-26-22-20-18-16-14-12-10-8-6-4-2/h25-28,34,36,45-48,51-54H,3-24,29-33,35,37-44H2,1-2H3,(H,50,55)/b27-25-,28-26+,36-34+. The fraction of sp³-hybridized carbons (Fsp3) is 0.857. The number of hydrogen-bond acceptors (Lipinski definition) is 5. The number of carbonyl (C=O) groups is 1. The maximum atomic E-state index is 12.5. The molecule has 1 amide bonds. The first-order valence-electron chi connectivity index (χ1n) is 23.9. The van der Waals surface area contributed by atoms with E-state index < -0.39 is 36.9 Å². The second kappa shape index (κ2) is 43.6. The van der Waals surface area contributed by atoms with Gasteiger partial charge in [-0.3, -0.25) is 4.79 Å². The zero-order valence-electron chi connectivity index (χ0n) is 36.4. The van der Waals surface area contributed by atoms with Crippen molar-refractivity contribution < 1.29 is 25.2 Å². The van der Waals surface area contributed by atoms with Gasteiger partial charge in [-0.05, 0) is 77.0 Å². The van der Waals surface area contributed by atoms with Crippen molar-refractivity contribution in [1.82, 2.24) is 5.32 Å². The number of amides is 1. The van der Waals surface area contributed by atoms with Crippen LogP contribution >= 0.6 is 0 Å². The van der Waals surface area contributed by atoms with Crippen LogP contribution in [0.2, 0.25) is 0 Å². The molecule has 4 atom stereocenters. The lowest BCUT2D eigenvalue weighted by atomic mass is 10.00. The number of rotatable bonds is 43. The lowest BCUT2D eigenvalue weighted by molar-refractivity contribution is -0.132. The van der Waals surface area contributed by atoms with Crippen LogP contribution in [0, 0.1) is 0 Å². The molecule has 6 nitrogen and oxygen atoms in total. The maximum Gasteiger partial charge on any atom is 0.249 e. The van der Waals surface area contributed by atoms with Crippen molar-refractivity contribution in [3.63, 3.8) is 0 Å². The molecule has 6 heteroatoms. The number of allylic oxidation sites excluding steroid dienone is 6. The first kappa shape index (κ1) is 53.5. The van der Waals surface area contributed by atoms with Crippen LogP contribution < -0.4 is 5.32 Å². The van der Waals surface area contributed by atoms with E-state index in [1.54, 1.807) is 0 Å². The van der Waals surface area contributed by atoms with Crippen molar-refractivity contribution in [2.45, 2.75) is 263 Å². The molecular formula is C49H93NO5. The van der Waals surface area contributed by atoms with Crippen molar-refractivity contribution in [1.29, 1.82) is 0 Å². The molecule has 0 bridgehead atoms. The van der Waals surface area contributed by atoms with E-state index in [1.807, 2.05) is 0 Å². The van der Waals surface area contributed by atoms with Gasteiger partial charge in [-0.2, -0.15) is 0 Å². The molecule has 5 N–H and O–H groups in total. The van der Waals surface area contributed by atoms with Gasteiger partial charge in [0.15, 0.2) is 0 Å². The van der Waals surface area contributed by atoms with E-state index in [9.17, 15) is 25.2 Å². The minimum Gasteiger partial charge on any atom is -0.394 e. The molecular weight excluding hydrogens is 683 g/mol. The van der Waals surface area contributed by atoms with Crippen molar-refractivity contribution in [3.05, 3.63) is 36.5 Å². The molecule has 4 unspecified atom stereocenters. The van der Waals surface area contributed by atoms with Crippen LogP contribution in [0.25, 0.3) is 0 Å². The Labute approximate surface area is 341 Å². The number of aliphatic hydroxyl groups excluding tert-OH is 4. The molecule has 0 rings (SSSR count). The smallest absolute Gasteiger partial charge is 0.249 e. The first-order chi connectivity index (χ1) is 27.0. The van der Waals surface area contributed by atoms with Gasteiger partial charge in [0, 0.05) is 0 Å². The van der Waals surface area contributed by atoms with Crippen molar-refractivity contribution in [2.24, 2.45) is 0 Å². The first-order valence-corrected chi connectivity index (χ1v) is 23.9. The van der Waals surface area contributed by atoms with E-state index in [0.29, 0.717) is 19.3 Å². The Morgan fingerprint density at radius 1 is 0.436 bits per heavy atom. The Morgan fingerprint density at radius 3 is 1.15 bits per heavy atom. The molecule has 0 aliphatic carbocycles. The Balaban J connectivity index is 3.77. The average molecular weight is 776 g/mol. The Bertz CT molecular complexity index is 873. The lowest BCUT2D eigenvalue weighted by Crippen LogP contribution is -2.53. The molecule has 0 aromatic carbocycles. The van der Waals surface area contributed by atoms with E-state index in [4.69, 9.17) is 0 Å². The highest BCUT2D eigenvalue weighted by atomic mass is 16.3. The summed E-state index contributed by atoms with van der Waals surface area (Å²) in [4.78, 5) is 12.5. The summed E-state index contributed by atoms with van der Waals surface area (Å²) in [6.07, 6.45) is 51.8. The average Bonchev–Trinajstić information content (AvgIpc) is 3.19. The molecule has 0 aliphatic heterocycles. The predicted octanol–water partition coefficient (Wildman–Crippen LogP) is 12.9. The van der Waals surface area contributed by atoms with Crippen LogP contribution in [-0.4, -0.2) is 57.3 Å². The maximum absolute atomic E-state index is 12.5. The summed E-state index contributed by atoms with van der Waals surface area (Å²) >= 11 is 0. The highest BCUT2D eigenvalue weighted by molar-refractivity contribution is 5.80. The van der Waals surface area contributed by atoms with Crippen molar-refractivity contribution in [3.8, 4) is 0 Å². The van der Waals surface area contributed by atoms with Gasteiger partial charge in [0.1, 0.15) is 12.2 Å². The molecule has 0 saturated carbocycles. The molecule has 0 heterocycles. The van der Waals surface area contributed by atoms with Gasteiger partial charge >= 0.3 is 0 Å². The molecule has 324 valence electrons. The predicted molar refractivity (Wildman–Crippen MR) is 237 cm³/mol. The van der Waals surface area contributed by atoms with Gasteiger partial charge in [-0.25, -0.2) is 0 Å². The van der Waals surface area contributed by atoms with Crippen molar-refractivity contribution in [2.75, 3.05) is 6.61 Å². The molecule has 0 aromatic heterocycles. The van der Waals surface area contributed by atoms with Crippen LogP contribution in [0.3, 0.4) is 0 Å². The van der Waals surface area contributed by atoms with E-state index in [0.717, 1.165) is 51.4 Å². The number of carbonyl (C=O) groups excluding carboxylic acids is 1. The Kier molecular flexibility index (Phi) is 42.5. The van der Waals surface area contributed by atoms with Gasteiger partial charge in [-0.15, -0.1) is 0 Å². The zero-order valence-corrected chi connectivity index (χ0v) is 36.4. The van der Waals surface area contributed by atoms with Crippen LogP contribution in [-0.2, 0) is 4.79 Å². The fourth-order valence-electron chi connectivity index (χ4n) is 7.24. The van der Waals surface area contributed by atoms with Gasteiger partial charge < -0.3 is 25.7 Å². The number of nitrogens with one attached hydrogen (secondary N) is 1. The summed E-state index contributed by atoms with van der Waals surface area (Å²) in [5.74, 6) is -0.601. The third-order valence-electron chi connectivity index (χ3n) is 11.1. The molecule has 0 fully saturated rings. The van der Waals surface area contributed by atoms with E-state index in [-0.39, 0.29) is 0 Å². The van der Waals surface area contributed by atoms with E-state index >= 15 is 0 Å². The minimum absolute atomic E-state index is 0.353. The summed E-state index contributed by atoms with van der Waals surface area (Å²) < 4.78 is 0. The quantitative estimate of drug-likeness (QED) is 0.0313. The summed E-state index contributed by atoms with van der Waals surface area (Å²) in [6, 6.07) is -1.01. The molecule has 0 aromatic rings. The Hall–Kier alpha value is -1.47.